The molecule has 0 saturated heterocycles. The summed E-state index contributed by atoms with van der Waals surface area (Å²) in [6.45, 7) is 8.11. The molecule has 0 saturated carbocycles. The molecule has 0 fully saturated rings. The number of ether oxygens (including phenoxy) is 1. The van der Waals surface area contributed by atoms with Crippen LogP contribution in [0.4, 0.5) is 0 Å². The van der Waals surface area contributed by atoms with Gasteiger partial charge in [-0.1, -0.05) is 23.7 Å². The van der Waals surface area contributed by atoms with Crippen molar-refractivity contribution >= 4 is 17.6 Å². The number of benzene rings is 1. The fourth-order valence-corrected chi connectivity index (χ4v) is 1.76. The fourth-order valence-electron chi connectivity index (χ4n) is 1.57. The minimum atomic E-state index is -0.878. The number of nitrogens with one attached hydrogen (secondary N) is 1. The van der Waals surface area contributed by atoms with Gasteiger partial charge in [0.1, 0.15) is 12.4 Å². The maximum atomic E-state index is 11.3. The second-order valence-corrected chi connectivity index (χ2v) is 6.17. The molecule has 0 aromatic heterocycles. The number of halogens is 1. The van der Waals surface area contributed by atoms with Crippen LogP contribution in [0.2, 0.25) is 5.02 Å². The molecule has 0 aliphatic rings. The molecule has 4 nitrogen and oxygen atoms in total. The molecule has 2 N–H and O–H groups in total. The number of carboxylic acid groups (broad SMARTS) is 1. The van der Waals surface area contributed by atoms with E-state index in [9.17, 15) is 9.90 Å². The van der Waals surface area contributed by atoms with Crippen molar-refractivity contribution in [2.75, 3.05) is 13.2 Å². The average molecular weight is 300 g/mol. The van der Waals surface area contributed by atoms with Gasteiger partial charge in [0, 0.05) is 12.1 Å². The number of rotatable bonds is 7. The maximum absolute atomic E-state index is 11.3. The summed E-state index contributed by atoms with van der Waals surface area (Å²) < 4.78 is 5.56. The molecule has 5 heteroatoms. The molecule has 0 bridgehead atoms. The zero-order valence-electron chi connectivity index (χ0n) is 12.4. The maximum Gasteiger partial charge on any atom is 0.310 e. The number of hydrogen-bond donors (Lipinski definition) is 2. The highest BCUT2D eigenvalue weighted by molar-refractivity contribution is 6.32. The van der Waals surface area contributed by atoms with Crippen LogP contribution < -0.4 is 10.1 Å². The first-order valence-electron chi connectivity index (χ1n) is 6.54. The lowest BCUT2D eigenvalue weighted by Crippen LogP contribution is -2.55. The van der Waals surface area contributed by atoms with Crippen molar-refractivity contribution in [3.63, 3.8) is 0 Å². The zero-order valence-corrected chi connectivity index (χ0v) is 13.1. The van der Waals surface area contributed by atoms with Crippen LogP contribution in [0.15, 0.2) is 24.3 Å². The highest BCUT2D eigenvalue weighted by Crippen LogP contribution is 2.30. The van der Waals surface area contributed by atoms with E-state index >= 15 is 0 Å². The molecule has 0 atom stereocenters. The standard InChI is InChI=1S/C15H22ClNO3/c1-14(2,13(18)19)15(3,4)17-9-10-20-12-8-6-5-7-11(12)16/h5-8,17H,9-10H2,1-4H3,(H,18,19). The Labute approximate surface area is 125 Å². The van der Waals surface area contributed by atoms with Gasteiger partial charge in [-0.25, -0.2) is 0 Å². The molecule has 0 unspecified atom stereocenters. The van der Waals surface area contributed by atoms with Crippen molar-refractivity contribution in [1.82, 2.24) is 5.32 Å². The van der Waals surface area contributed by atoms with E-state index in [1.807, 2.05) is 26.0 Å². The number of para-hydroxylation sites is 1. The number of aliphatic carboxylic acids is 1. The molecule has 20 heavy (non-hydrogen) atoms. The highest BCUT2D eigenvalue weighted by atomic mass is 35.5. The van der Waals surface area contributed by atoms with Crippen LogP contribution >= 0.6 is 11.6 Å². The molecule has 112 valence electrons. The van der Waals surface area contributed by atoms with E-state index in [0.717, 1.165) is 0 Å². The van der Waals surface area contributed by atoms with Crippen LogP contribution in [0, 0.1) is 5.41 Å². The number of hydrogen-bond acceptors (Lipinski definition) is 3. The van der Waals surface area contributed by atoms with Gasteiger partial charge in [-0.3, -0.25) is 4.79 Å². The van der Waals surface area contributed by atoms with Crippen molar-refractivity contribution in [3.8, 4) is 5.75 Å². The summed E-state index contributed by atoms with van der Waals surface area (Å²) in [6, 6.07) is 7.26. The summed E-state index contributed by atoms with van der Waals surface area (Å²) in [5.74, 6) is -0.201. The van der Waals surface area contributed by atoms with Crippen molar-refractivity contribution in [1.29, 1.82) is 0 Å². The summed E-state index contributed by atoms with van der Waals surface area (Å²) in [6.07, 6.45) is 0. The lowest BCUT2D eigenvalue weighted by Gasteiger charge is -2.39. The summed E-state index contributed by atoms with van der Waals surface area (Å²) in [5.41, 5.74) is -1.43. The molecule has 0 heterocycles. The van der Waals surface area contributed by atoms with Gasteiger partial charge in [0.05, 0.1) is 10.4 Å². The summed E-state index contributed by atoms with van der Waals surface area (Å²) in [4.78, 5) is 11.3. The van der Waals surface area contributed by atoms with Crippen molar-refractivity contribution in [3.05, 3.63) is 29.3 Å². The Balaban J connectivity index is 2.49. The van der Waals surface area contributed by atoms with Gasteiger partial charge < -0.3 is 15.2 Å². The van der Waals surface area contributed by atoms with E-state index in [1.165, 1.54) is 0 Å². The molecule has 1 aromatic carbocycles. The topological polar surface area (TPSA) is 58.6 Å². The Morgan fingerprint density at radius 3 is 2.45 bits per heavy atom. The largest absolute Gasteiger partial charge is 0.491 e. The molecule has 0 amide bonds. The molecular weight excluding hydrogens is 278 g/mol. The SMILES string of the molecule is CC(C)(NCCOc1ccccc1Cl)C(C)(C)C(=O)O. The van der Waals surface area contributed by atoms with Crippen LogP contribution in [-0.2, 0) is 4.79 Å². The number of carboxylic acids is 1. The molecule has 0 aliphatic carbocycles. The Hall–Kier alpha value is -1.26. The van der Waals surface area contributed by atoms with Gasteiger partial charge in [-0.2, -0.15) is 0 Å². The molecule has 0 aliphatic heterocycles. The van der Waals surface area contributed by atoms with Gasteiger partial charge in [-0.15, -0.1) is 0 Å². The quantitative estimate of drug-likeness (QED) is 0.759. The fraction of sp³-hybridized carbons (Fsp3) is 0.533. The summed E-state index contributed by atoms with van der Waals surface area (Å²) >= 11 is 5.98. The third-order valence-electron chi connectivity index (χ3n) is 3.86. The van der Waals surface area contributed by atoms with E-state index in [4.69, 9.17) is 16.3 Å². The summed E-state index contributed by atoms with van der Waals surface area (Å²) in [5, 5.41) is 13.0. The summed E-state index contributed by atoms with van der Waals surface area (Å²) in [7, 11) is 0. The van der Waals surface area contributed by atoms with Crippen LogP contribution in [-0.4, -0.2) is 29.8 Å². The normalized spacial score (nSPS) is 12.2. The Morgan fingerprint density at radius 2 is 1.90 bits per heavy atom. The van der Waals surface area contributed by atoms with Crippen molar-refractivity contribution < 1.29 is 14.6 Å². The van der Waals surface area contributed by atoms with Gasteiger partial charge in [0.2, 0.25) is 0 Å². The van der Waals surface area contributed by atoms with Gasteiger partial charge in [0.15, 0.2) is 0 Å². The Kier molecular flexibility index (Phi) is 5.42. The first-order valence-corrected chi connectivity index (χ1v) is 6.92. The predicted molar refractivity (Wildman–Crippen MR) is 80.4 cm³/mol. The second-order valence-electron chi connectivity index (χ2n) is 5.76. The van der Waals surface area contributed by atoms with E-state index in [-0.39, 0.29) is 0 Å². The molecule has 0 spiro atoms. The van der Waals surface area contributed by atoms with Crippen molar-refractivity contribution in [2.45, 2.75) is 33.2 Å². The molecule has 1 aromatic rings. The smallest absolute Gasteiger partial charge is 0.310 e. The minimum Gasteiger partial charge on any atom is -0.491 e. The first-order chi connectivity index (χ1) is 9.18. The van der Waals surface area contributed by atoms with Crippen LogP contribution in [0.25, 0.3) is 0 Å². The third kappa shape index (κ3) is 3.87. The van der Waals surface area contributed by atoms with Crippen LogP contribution in [0.3, 0.4) is 0 Å². The monoisotopic (exact) mass is 299 g/mol. The minimum absolute atomic E-state index is 0.420. The second kappa shape index (κ2) is 6.46. The molecule has 0 radical (unpaired) electrons. The Bertz CT molecular complexity index is 472. The molecule has 1 rings (SSSR count). The van der Waals surface area contributed by atoms with E-state index < -0.39 is 16.9 Å². The van der Waals surface area contributed by atoms with Gasteiger partial charge in [0.25, 0.3) is 0 Å². The van der Waals surface area contributed by atoms with Crippen LogP contribution in [0.1, 0.15) is 27.7 Å². The van der Waals surface area contributed by atoms with Crippen LogP contribution in [0.5, 0.6) is 5.75 Å². The Morgan fingerprint density at radius 1 is 1.30 bits per heavy atom. The lowest BCUT2D eigenvalue weighted by molar-refractivity contribution is -0.151. The van der Waals surface area contributed by atoms with E-state index in [1.54, 1.807) is 26.0 Å². The first kappa shape index (κ1) is 16.8. The lowest BCUT2D eigenvalue weighted by atomic mass is 9.74. The molecular formula is C15H22ClNO3. The van der Waals surface area contributed by atoms with E-state index in [2.05, 4.69) is 5.32 Å². The third-order valence-corrected chi connectivity index (χ3v) is 4.17. The average Bonchev–Trinajstić information content (AvgIpc) is 2.36. The highest BCUT2D eigenvalue weighted by Gasteiger charge is 2.42. The predicted octanol–water partition coefficient (Wildman–Crippen LogP) is 3.20. The zero-order chi connectivity index (χ0) is 15.4. The van der Waals surface area contributed by atoms with Crippen molar-refractivity contribution in [2.24, 2.45) is 5.41 Å². The van der Waals surface area contributed by atoms with Gasteiger partial charge >= 0.3 is 5.97 Å². The number of carbonyl (C=O) groups is 1. The van der Waals surface area contributed by atoms with E-state index in [0.29, 0.717) is 23.9 Å². The van der Waals surface area contributed by atoms with Gasteiger partial charge in [-0.05, 0) is 39.8 Å².